The van der Waals surface area contributed by atoms with Crippen molar-refractivity contribution in [3.05, 3.63) is 47.4 Å². The quantitative estimate of drug-likeness (QED) is 0.605. The molecule has 0 bridgehead atoms. The first-order valence-electron chi connectivity index (χ1n) is 8.16. The minimum Gasteiger partial charge on any atom is -0.383 e. The van der Waals surface area contributed by atoms with Gasteiger partial charge in [0.25, 0.3) is 5.78 Å². The molecule has 5 nitrogen and oxygen atoms in total. The summed E-state index contributed by atoms with van der Waals surface area (Å²) in [5, 5.41) is 4.34. The number of rotatable bonds is 4. The van der Waals surface area contributed by atoms with Crippen molar-refractivity contribution in [1.82, 2.24) is 19.6 Å². The zero-order valence-corrected chi connectivity index (χ0v) is 14.9. The average molecular weight is 405 g/mol. The molecular weight excluding hydrogens is 389 g/mol. The second kappa shape index (κ2) is 4.89. The summed E-state index contributed by atoms with van der Waals surface area (Å²) in [6, 6.07) is 4.63. The molecule has 4 rings (SSSR count). The molecule has 146 valence electrons. The van der Waals surface area contributed by atoms with Crippen LogP contribution in [0, 0.1) is 12.8 Å². The van der Waals surface area contributed by atoms with Gasteiger partial charge in [0.2, 0.25) is 0 Å². The van der Waals surface area contributed by atoms with Crippen LogP contribution in [-0.4, -0.2) is 19.6 Å². The number of hydrogen-bond acceptors (Lipinski definition) is 4. The maximum Gasteiger partial charge on any atom is 0.310 e. The van der Waals surface area contributed by atoms with E-state index >= 15 is 0 Å². The molecule has 1 aliphatic carbocycles. The lowest BCUT2D eigenvalue weighted by atomic mass is 9.93. The minimum atomic E-state index is -9.69. The average Bonchev–Trinajstić information content (AvgIpc) is 3.25. The lowest BCUT2D eigenvalue weighted by Crippen LogP contribution is -2.09. The lowest BCUT2D eigenvalue weighted by molar-refractivity contribution is 0.364. The Balaban J connectivity index is 1.78. The Bertz CT molecular complexity index is 1040. The highest BCUT2D eigenvalue weighted by atomic mass is 32.5. The predicted octanol–water partition coefficient (Wildman–Crippen LogP) is 5.21. The number of nitrogens with zero attached hydrogens (tertiary/aromatic N) is 4. The highest BCUT2D eigenvalue weighted by Crippen LogP contribution is 3.02. The first-order chi connectivity index (χ1) is 12.3. The molecule has 2 N–H and O–H groups in total. The third kappa shape index (κ3) is 3.43. The Labute approximate surface area is 151 Å². The van der Waals surface area contributed by atoms with Crippen molar-refractivity contribution >= 4 is 21.8 Å². The first kappa shape index (κ1) is 18.0. The highest BCUT2D eigenvalue weighted by molar-refractivity contribution is 8.45. The molecule has 11 heteroatoms. The zero-order chi connectivity index (χ0) is 19.7. The van der Waals surface area contributed by atoms with Crippen LogP contribution in [0.5, 0.6) is 0 Å². The summed E-state index contributed by atoms with van der Waals surface area (Å²) in [4.78, 5) is 6.71. The molecule has 0 aliphatic heterocycles. The molecule has 1 fully saturated rings. The van der Waals surface area contributed by atoms with Crippen molar-refractivity contribution < 1.29 is 19.4 Å². The molecule has 0 saturated heterocycles. The summed E-state index contributed by atoms with van der Waals surface area (Å²) in [5.41, 5.74) is 7.02. The second-order valence-electron chi connectivity index (χ2n) is 6.86. The Morgan fingerprint density at radius 1 is 1.07 bits per heavy atom. The van der Waals surface area contributed by atoms with Crippen LogP contribution in [0.1, 0.15) is 35.8 Å². The van der Waals surface area contributed by atoms with Crippen LogP contribution >= 0.6 is 10.2 Å². The van der Waals surface area contributed by atoms with Crippen LogP contribution in [0.15, 0.2) is 35.2 Å². The van der Waals surface area contributed by atoms with Crippen LogP contribution in [0.3, 0.4) is 0 Å². The van der Waals surface area contributed by atoms with Gasteiger partial charge in [0, 0.05) is 17.7 Å². The van der Waals surface area contributed by atoms with E-state index in [2.05, 4.69) is 15.1 Å². The van der Waals surface area contributed by atoms with Gasteiger partial charge in [-0.05, 0) is 43.4 Å². The fourth-order valence-corrected chi connectivity index (χ4v) is 3.81. The largest absolute Gasteiger partial charge is 0.383 e. The summed E-state index contributed by atoms with van der Waals surface area (Å²) in [7, 11) is -9.69. The number of aromatic nitrogens is 4. The summed E-state index contributed by atoms with van der Waals surface area (Å²) >= 11 is 0. The maximum atomic E-state index is 12.9. The van der Waals surface area contributed by atoms with Crippen LogP contribution in [0.25, 0.3) is 5.78 Å². The van der Waals surface area contributed by atoms with Crippen molar-refractivity contribution in [2.24, 2.45) is 5.92 Å². The van der Waals surface area contributed by atoms with Crippen molar-refractivity contribution in [3.63, 3.8) is 0 Å². The van der Waals surface area contributed by atoms with Gasteiger partial charge in [-0.1, -0.05) is 31.6 Å². The number of halogens is 5. The number of nitrogens with two attached hydrogens (primary N) is 1. The SMILES string of the molecule is Cc1cc(N)n2nc([C@@H](c3ccc(S(F)(F)(F)(F)F)cc3)C3CC3)nc2n1. The molecular formula is C16H16F5N5S. The molecule has 1 aliphatic rings. The lowest BCUT2D eigenvalue weighted by Gasteiger charge is -2.40. The number of anilines is 1. The van der Waals surface area contributed by atoms with E-state index in [9.17, 15) is 19.4 Å². The van der Waals surface area contributed by atoms with Crippen LogP contribution in [0.2, 0.25) is 0 Å². The van der Waals surface area contributed by atoms with Crippen molar-refractivity contribution in [2.75, 3.05) is 5.73 Å². The normalized spacial score (nSPS) is 18.9. The van der Waals surface area contributed by atoms with Gasteiger partial charge in [0.05, 0.1) is 0 Å². The highest BCUT2D eigenvalue weighted by Gasteiger charge is 2.65. The summed E-state index contributed by atoms with van der Waals surface area (Å²) in [6.07, 6.45) is 1.71. The third-order valence-electron chi connectivity index (χ3n) is 4.54. The Morgan fingerprint density at radius 3 is 2.26 bits per heavy atom. The van der Waals surface area contributed by atoms with Crippen molar-refractivity contribution in [1.29, 1.82) is 0 Å². The van der Waals surface area contributed by atoms with E-state index in [1.807, 2.05) is 0 Å². The number of hydrogen-bond donors (Lipinski definition) is 1. The molecule has 1 aromatic carbocycles. The van der Waals surface area contributed by atoms with Gasteiger partial charge >= 0.3 is 10.2 Å². The number of fused-ring (bicyclic) bond motifs is 1. The summed E-state index contributed by atoms with van der Waals surface area (Å²) in [6.45, 7) is 1.75. The molecule has 27 heavy (non-hydrogen) atoms. The molecule has 0 spiro atoms. The third-order valence-corrected chi connectivity index (χ3v) is 5.70. The smallest absolute Gasteiger partial charge is 0.310 e. The van der Waals surface area contributed by atoms with E-state index in [1.54, 1.807) is 13.0 Å². The second-order valence-corrected chi connectivity index (χ2v) is 9.27. The molecule has 1 saturated carbocycles. The van der Waals surface area contributed by atoms with Crippen LogP contribution in [-0.2, 0) is 0 Å². The van der Waals surface area contributed by atoms with E-state index in [0.29, 0.717) is 35.0 Å². The molecule has 1 atom stereocenters. The van der Waals surface area contributed by atoms with Gasteiger partial charge in [0.15, 0.2) is 5.82 Å². The molecule has 2 aromatic heterocycles. The fourth-order valence-electron chi connectivity index (χ4n) is 3.16. The van der Waals surface area contributed by atoms with Gasteiger partial charge in [0.1, 0.15) is 10.7 Å². The summed E-state index contributed by atoms with van der Waals surface area (Å²) in [5.74, 6) is 0.718. The predicted molar refractivity (Wildman–Crippen MR) is 92.3 cm³/mol. The van der Waals surface area contributed by atoms with Gasteiger partial charge in [-0.15, -0.1) is 5.10 Å². The van der Waals surface area contributed by atoms with Gasteiger partial charge in [-0.25, -0.2) is 4.98 Å². The Kier molecular flexibility index (Phi) is 3.25. The minimum absolute atomic E-state index is 0.135. The van der Waals surface area contributed by atoms with Crippen LogP contribution in [0.4, 0.5) is 25.2 Å². The van der Waals surface area contributed by atoms with Gasteiger partial charge in [-0.3, -0.25) is 0 Å². The van der Waals surface area contributed by atoms with Crippen molar-refractivity contribution in [3.8, 4) is 0 Å². The topological polar surface area (TPSA) is 69.1 Å². The van der Waals surface area contributed by atoms with Gasteiger partial charge < -0.3 is 5.73 Å². The van der Waals surface area contributed by atoms with Crippen LogP contribution < -0.4 is 5.73 Å². The van der Waals surface area contributed by atoms with E-state index in [-0.39, 0.29) is 11.7 Å². The Hall–Kier alpha value is -2.43. The molecule has 0 unspecified atom stereocenters. The van der Waals surface area contributed by atoms with E-state index in [1.165, 1.54) is 4.52 Å². The van der Waals surface area contributed by atoms with Crippen molar-refractivity contribution in [2.45, 2.75) is 30.6 Å². The molecule has 3 aromatic rings. The number of nitrogen functional groups attached to an aromatic ring is 1. The monoisotopic (exact) mass is 405 g/mol. The fraction of sp³-hybridized carbons (Fsp3) is 0.312. The molecule has 0 amide bonds. The van der Waals surface area contributed by atoms with Gasteiger partial charge in [-0.2, -0.15) is 9.50 Å². The summed E-state index contributed by atoms with van der Waals surface area (Å²) < 4.78 is 66.1. The molecule has 0 radical (unpaired) electrons. The van der Waals surface area contributed by atoms with E-state index < -0.39 is 21.0 Å². The maximum absolute atomic E-state index is 12.9. The molecule has 2 heterocycles. The first-order valence-corrected chi connectivity index (χ1v) is 10.1. The standard InChI is InChI=1S/C16H16F5N5S/c1-9-8-13(22)26-16(23-9)24-15(25-26)14(10-2-3-10)11-4-6-12(7-5-11)27(17,18,19,20)21/h4-8,10,14H,2-3,22H2,1H3/t14-/m1/s1. The van der Waals surface area contributed by atoms with E-state index in [0.717, 1.165) is 25.0 Å². The van der Waals surface area contributed by atoms with E-state index in [4.69, 9.17) is 5.73 Å². The number of benzene rings is 1. The Morgan fingerprint density at radius 2 is 1.70 bits per heavy atom. The number of aryl methyl sites for hydroxylation is 1. The zero-order valence-electron chi connectivity index (χ0n) is 14.1.